The summed E-state index contributed by atoms with van der Waals surface area (Å²) in [7, 11) is 0. The maximum absolute atomic E-state index is 12.9. The fourth-order valence-corrected chi connectivity index (χ4v) is 9.12. The molecule has 0 radical (unpaired) electrons. The third-order valence-electron chi connectivity index (χ3n) is 11.2. The number of oxime groups is 1. The lowest BCUT2D eigenvalue weighted by molar-refractivity contribution is -0.132. The molecule has 0 spiro atoms. The maximum atomic E-state index is 12.9. The van der Waals surface area contributed by atoms with Gasteiger partial charge in [0, 0.05) is 24.9 Å². The number of carbonyl (C=O) groups excluding carboxylic acids is 3. The Morgan fingerprint density at radius 1 is 1.16 bits per heavy atom. The molecule has 7 atom stereocenters. The van der Waals surface area contributed by atoms with Crippen LogP contribution >= 0.6 is 0 Å². The second-order valence-electron chi connectivity index (χ2n) is 13.0. The first-order valence-electron chi connectivity index (χ1n) is 14.8. The summed E-state index contributed by atoms with van der Waals surface area (Å²) in [5.74, 6) is 2.58. The number of allylic oxidation sites excluding steroid dienone is 1. The fourth-order valence-electron chi connectivity index (χ4n) is 9.12. The Hall–Kier alpha value is -2.22. The highest BCUT2D eigenvalue weighted by Gasteiger charge is 2.59. The van der Waals surface area contributed by atoms with Gasteiger partial charge in [-0.2, -0.15) is 0 Å². The molecule has 3 saturated carbocycles. The second kappa shape index (κ2) is 11.1. The first-order chi connectivity index (χ1) is 18.3. The standard InChI is InChI=1S/C30H45N3O5/c1-20(32-38-28(36)33(18-37-19-34)16-12-22-5-4-15-31-22)25-8-9-26-24-7-6-21-17-23(35)10-13-29(21,2)27(24)11-14-30(25,26)3/h17,19,22,24-27,31H,4-16,18H2,1-3H3/b32-20+/t22?,24-,25+,26-,27-,29-,30+/m0/s1. The number of hydrogen-bond donors (Lipinski definition) is 1. The molecule has 0 bridgehead atoms. The topological polar surface area (TPSA) is 97.3 Å². The first-order valence-corrected chi connectivity index (χ1v) is 14.8. The van der Waals surface area contributed by atoms with E-state index in [1.54, 1.807) is 0 Å². The van der Waals surface area contributed by atoms with Gasteiger partial charge < -0.3 is 10.1 Å². The molecule has 8 heteroatoms. The molecule has 5 rings (SSSR count). The Balaban J connectivity index is 1.23. The number of nitrogens with one attached hydrogen (secondary N) is 1. The van der Waals surface area contributed by atoms with E-state index in [9.17, 15) is 14.4 Å². The molecular formula is C30H45N3O5. The molecule has 1 unspecified atom stereocenters. The first kappa shape index (κ1) is 27.4. The molecule has 210 valence electrons. The molecule has 1 aliphatic heterocycles. The van der Waals surface area contributed by atoms with Crippen molar-refractivity contribution >= 4 is 24.1 Å². The lowest BCUT2D eigenvalue weighted by Gasteiger charge is -2.58. The number of amides is 1. The third kappa shape index (κ3) is 5.05. The van der Waals surface area contributed by atoms with Crippen molar-refractivity contribution in [2.24, 2.45) is 39.7 Å². The van der Waals surface area contributed by atoms with Crippen LogP contribution in [0, 0.1) is 34.5 Å². The Labute approximate surface area is 226 Å². The Morgan fingerprint density at radius 3 is 2.76 bits per heavy atom. The molecule has 0 aromatic carbocycles. The van der Waals surface area contributed by atoms with Crippen LogP contribution in [0.4, 0.5) is 4.79 Å². The van der Waals surface area contributed by atoms with Crippen LogP contribution in [0.5, 0.6) is 0 Å². The predicted molar refractivity (Wildman–Crippen MR) is 144 cm³/mol. The van der Waals surface area contributed by atoms with Gasteiger partial charge in [0.1, 0.15) is 0 Å². The second-order valence-corrected chi connectivity index (χ2v) is 13.0. The lowest BCUT2D eigenvalue weighted by atomic mass is 9.46. The number of ketones is 1. The van der Waals surface area contributed by atoms with Crippen LogP contribution in [-0.4, -0.2) is 54.8 Å². The van der Waals surface area contributed by atoms with Crippen molar-refractivity contribution in [2.45, 2.75) is 97.4 Å². The minimum absolute atomic E-state index is 0.128. The van der Waals surface area contributed by atoms with Gasteiger partial charge in [-0.15, -0.1) is 0 Å². The summed E-state index contributed by atoms with van der Waals surface area (Å²) < 4.78 is 4.88. The summed E-state index contributed by atoms with van der Waals surface area (Å²) in [6.07, 6.45) is 12.9. The molecule has 8 nitrogen and oxygen atoms in total. The van der Waals surface area contributed by atoms with Gasteiger partial charge in [0.05, 0.1) is 5.71 Å². The van der Waals surface area contributed by atoms with E-state index in [1.165, 1.54) is 29.7 Å². The summed E-state index contributed by atoms with van der Waals surface area (Å²) in [5.41, 5.74) is 2.62. The van der Waals surface area contributed by atoms with Crippen molar-refractivity contribution in [2.75, 3.05) is 19.8 Å². The van der Waals surface area contributed by atoms with E-state index >= 15 is 0 Å². The zero-order chi connectivity index (χ0) is 26.9. The van der Waals surface area contributed by atoms with Crippen molar-refractivity contribution in [1.82, 2.24) is 10.2 Å². The Bertz CT molecular complexity index is 988. The van der Waals surface area contributed by atoms with Crippen LogP contribution in [0.2, 0.25) is 0 Å². The number of ether oxygens (including phenoxy) is 1. The molecule has 1 N–H and O–H groups in total. The number of nitrogens with zero attached hydrogens (tertiary/aromatic N) is 2. The van der Waals surface area contributed by atoms with Gasteiger partial charge >= 0.3 is 6.09 Å². The number of carbonyl (C=O) groups is 3. The molecule has 0 aromatic heterocycles. The average Bonchev–Trinajstić information content (AvgIpc) is 3.55. The van der Waals surface area contributed by atoms with E-state index in [4.69, 9.17) is 9.57 Å². The molecule has 38 heavy (non-hydrogen) atoms. The zero-order valence-electron chi connectivity index (χ0n) is 23.4. The maximum Gasteiger partial charge on any atom is 0.438 e. The van der Waals surface area contributed by atoms with Crippen LogP contribution in [0.15, 0.2) is 16.8 Å². The molecule has 5 aliphatic rings. The highest BCUT2D eigenvalue weighted by atomic mass is 16.7. The molecule has 1 amide bonds. The van der Waals surface area contributed by atoms with E-state index in [1.807, 2.05) is 13.0 Å². The molecule has 0 aromatic rings. The van der Waals surface area contributed by atoms with Gasteiger partial charge in [-0.25, -0.2) is 4.79 Å². The smallest absolute Gasteiger partial charge is 0.438 e. The Kier molecular flexibility index (Phi) is 7.99. The average molecular weight is 528 g/mol. The van der Waals surface area contributed by atoms with E-state index in [2.05, 4.69) is 24.3 Å². The lowest BCUT2D eigenvalue weighted by Crippen LogP contribution is -2.51. The van der Waals surface area contributed by atoms with Gasteiger partial charge in [0.2, 0.25) is 0 Å². The molecule has 4 fully saturated rings. The fraction of sp³-hybridized carbons (Fsp3) is 0.800. The molecule has 1 heterocycles. The molecule has 4 aliphatic carbocycles. The quantitative estimate of drug-likeness (QED) is 0.153. The number of hydrogen-bond acceptors (Lipinski definition) is 7. The van der Waals surface area contributed by atoms with Gasteiger partial charge in [-0.3, -0.25) is 19.3 Å². The van der Waals surface area contributed by atoms with Crippen molar-refractivity contribution in [3.63, 3.8) is 0 Å². The van der Waals surface area contributed by atoms with E-state index in [-0.39, 0.29) is 17.6 Å². The van der Waals surface area contributed by atoms with Gasteiger partial charge in [0.25, 0.3) is 6.47 Å². The minimum Gasteiger partial charge on any atom is -0.446 e. The van der Waals surface area contributed by atoms with Crippen molar-refractivity contribution in [3.8, 4) is 0 Å². The monoisotopic (exact) mass is 527 g/mol. The summed E-state index contributed by atoms with van der Waals surface area (Å²) in [6.45, 7) is 8.54. The largest absolute Gasteiger partial charge is 0.446 e. The summed E-state index contributed by atoms with van der Waals surface area (Å²) in [4.78, 5) is 42.6. The van der Waals surface area contributed by atoms with E-state index in [0.717, 1.165) is 57.2 Å². The highest BCUT2D eigenvalue weighted by molar-refractivity contribution is 5.91. The van der Waals surface area contributed by atoms with Crippen LogP contribution in [0.1, 0.15) is 91.4 Å². The van der Waals surface area contributed by atoms with Crippen molar-refractivity contribution < 1.29 is 24.0 Å². The summed E-state index contributed by atoms with van der Waals surface area (Å²) >= 11 is 0. The van der Waals surface area contributed by atoms with Gasteiger partial charge in [-0.05, 0) is 112 Å². The van der Waals surface area contributed by atoms with Crippen LogP contribution in [0.3, 0.4) is 0 Å². The van der Waals surface area contributed by atoms with Gasteiger partial charge in [-0.1, -0.05) is 24.6 Å². The van der Waals surface area contributed by atoms with Crippen molar-refractivity contribution in [1.29, 1.82) is 0 Å². The van der Waals surface area contributed by atoms with E-state index < -0.39 is 6.09 Å². The molecule has 1 saturated heterocycles. The van der Waals surface area contributed by atoms with E-state index in [0.29, 0.717) is 54.9 Å². The number of rotatable bonds is 8. The van der Waals surface area contributed by atoms with Crippen LogP contribution in [0.25, 0.3) is 0 Å². The minimum atomic E-state index is -0.570. The zero-order valence-corrected chi connectivity index (χ0v) is 23.4. The Morgan fingerprint density at radius 2 is 2.00 bits per heavy atom. The molecular weight excluding hydrogens is 482 g/mol. The highest BCUT2D eigenvalue weighted by Crippen LogP contribution is 2.66. The SMILES string of the molecule is C/C(=N\OC(=O)N(CCC1CCCN1)COC=O)[C@H]1CC[C@H]2[C@@H]3CCC4=CC(=O)CC[C@]4(C)[C@H]3CC[C@]12C. The summed E-state index contributed by atoms with van der Waals surface area (Å²) in [5, 5.41) is 7.79. The normalized spacial score (nSPS) is 38.5. The van der Waals surface area contributed by atoms with Crippen LogP contribution in [-0.2, 0) is 19.2 Å². The van der Waals surface area contributed by atoms with Crippen LogP contribution < -0.4 is 5.32 Å². The van der Waals surface area contributed by atoms with Crippen molar-refractivity contribution in [3.05, 3.63) is 11.6 Å². The number of fused-ring (bicyclic) bond motifs is 5. The van der Waals surface area contributed by atoms with Gasteiger partial charge in [0.15, 0.2) is 12.5 Å². The summed E-state index contributed by atoms with van der Waals surface area (Å²) in [6, 6.07) is 0.375. The third-order valence-corrected chi connectivity index (χ3v) is 11.2. The predicted octanol–water partition coefficient (Wildman–Crippen LogP) is 5.22.